The molecule has 1 aliphatic rings. The number of amides is 1. The molecule has 1 aliphatic heterocycles. The summed E-state index contributed by atoms with van der Waals surface area (Å²) < 4.78 is 5.17. The van der Waals surface area contributed by atoms with E-state index in [0.717, 1.165) is 13.1 Å². The Morgan fingerprint density at radius 1 is 1.57 bits per heavy atom. The first-order valence-corrected chi connectivity index (χ1v) is 5.32. The summed E-state index contributed by atoms with van der Waals surface area (Å²) in [5.74, 6) is 0.455. The Hall–Kier alpha value is -0.300. The Morgan fingerprint density at radius 3 is 2.71 bits per heavy atom. The molecular formula is C8H17N3O2S. The van der Waals surface area contributed by atoms with E-state index in [0.29, 0.717) is 19.0 Å². The molecule has 1 fully saturated rings. The van der Waals surface area contributed by atoms with E-state index in [-0.39, 0.29) is 11.9 Å². The number of carbonyl (C=O) groups excluding carboxylic acids is 1. The van der Waals surface area contributed by atoms with Gasteiger partial charge in [0, 0.05) is 18.8 Å². The van der Waals surface area contributed by atoms with Crippen molar-refractivity contribution in [1.29, 1.82) is 0 Å². The largest absolute Gasteiger partial charge is 0.379 e. The predicted molar refractivity (Wildman–Crippen MR) is 57.2 cm³/mol. The van der Waals surface area contributed by atoms with Crippen LogP contribution in [-0.2, 0) is 9.53 Å². The van der Waals surface area contributed by atoms with E-state index in [1.807, 2.05) is 5.01 Å². The maximum Gasteiger partial charge on any atom is 0.252 e. The monoisotopic (exact) mass is 219 g/mol. The maximum absolute atomic E-state index is 11.6. The van der Waals surface area contributed by atoms with Gasteiger partial charge in [0.25, 0.3) is 5.91 Å². The van der Waals surface area contributed by atoms with Crippen LogP contribution in [0.4, 0.5) is 0 Å². The molecule has 1 heterocycles. The highest BCUT2D eigenvalue weighted by atomic mass is 32.1. The lowest BCUT2D eigenvalue weighted by molar-refractivity contribution is -0.129. The summed E-state index contributed by atoms with van der Waals surface area (Å²) >= 11 is 4.09. The third-order valence-electron chi connectivity index (χ3n) is 2.13. The van der Waals surface area contributed by atoms with Gasteiger partial charge in [0.05, 0.1) is 19.3 Å². The average Bonchev–Trinajstić information content (AvgIpc) is 2.21. The molecule has 0 radical (unpaired) electrons. The minimum atomic E-state index is -0.235. The van der Waals surface area contributed by atoms with E-state index in [1.54, 1.807) is 7.05 Å². The standard InChI is InChI=1S/C8H17N3O2S/c1-9-7(6-14)8(12)10-11-2-4-13-5-3-11/h7,9,14H,2-6H2,1H3,(H,10,12). The molecule has 0 aromatic carbocycles. The first kappa shape index (κ1) is 11.8. The molecule has 1 atom stereocenters. The van der Waals surface area contributed by atoms with Gasteiger partial charge in [0.15, 0.2) is 0 Å². The van der Waals surface area contributed by atoms with E-state index in [2.05, 4.69) is 23.4 Å². The molecule has 1 rings (SSSR count). The van der Waals surface area contributed by atoms with Crippen molar-refractivity contribution in [3.05, 3.63) is 0 Å². The van der Waals surface area contributed by atoms with E-state index in [1.165, 1.54) is 0 Å². The number of morpholine rings is 1. The van der Waals surface area contributed by atoms with Gasteiger partial charge in [-0.05, 0) is 7.05 Å². The summed E-state index contributed by atoms with van der Waals surface area (Å²) in [6.07, 6.45) is 0. The Kier molecular flexibility index (Phi) is 5.24. The number of rotatable bonds is 4. The molecular weight excluding hydrogens is 202 g/mol. The second kappa shape index (κ2) is 6.23. The van der Waals surface area contributed by atoms with Crippen molar-refractivity contribution in [1.82, 2.24) is 15.8 Å². The topological polar surface area (TPSA) is 53.6 Å². The Morgan fingerprint density at radius 2 is 2.21 bits per heavy atom. The molecule has 82 valence electrons. The van der Waals surface area contributed by atoms with E-state index < -0.39 is 0 Å². The number of ether oxygens (including phenoxy) is 1. The molecule has 2 N–H and O–H groups in total. The number of nitrogens with one attached hydrogen (secondary N) is 2. The van der Waals surface area contributed by atoms with Gasteiger partial charge in [-0.3, -0.25) is 10.2 Å². The number of hydrazine groups is 1. The first-order valence-electron chi connectivity index (χ1n) is 4.69. The fourth-order valence-corrected chi connectivity index (χ4v) is 1.56. The summed E-state index contributed by atoms with van der Waals surface area (Å²) in [6, 6.07) is -0.235. The van der Waals surface area contributed by atoms with Gasteiger partial charge in [-0.15, -0.1) is 0 Å². The quantitative estimate of drug-likeness (QED) is 0.524. The van der Waals surface area contributed by atoms with Crippen molar-refractivity contribution in [3.8, 4) is 0 Å². The van der Waals surface area contributed by atoms with Crippen molar-refractivity contribution in [2.24, 2.45) is 0 Å². The molecule has 1 unspecified atom stereocenters. The highest BCUT2D eigenvalue weighted by molar-refractivity contribution is 7.80. The van der Waals surface area contributed by atoms with Gasteiger partial charge < -0.3 is 10.1 Å². The summed E-state index contributed by atoms with van der Waals surface area (Å²) in [5.41, 5.74) is 2.82. The SMILES string of the molecule is CNC(CS)C(=O)NN1CCOCC1. The minimum Gasteiger partial charge on any atom is -0.379 e. The number of hydrogen-bond donors (Lipinski definition) is 3. The van der Waals surface area contributed by atoms with Crippen LogP contribution in [0.1, 0.15) is 0 Å². The van der Waals surface area contributed by atoms with Crippen LogP contribution in [0.3, 0.4) is 0 Å². The number of thiol groups is 1. The molecule has 6 heteroatoms. The van der Waals surface area contributed by atoms with Gasteiger partial charge in [-0.1, -0.05) is 0 Å². The first-order chi connectivity index (χ1) is 6.77. The molecule has 5 nitrogen and oxygen atoms in total. The fraction of sp³-hybridized carbons (Fsp3) is 0.875. The minimum absolute atomic E-state index is 0.0376. The second-order valence-electron chi connectivity index (χ2n) is 3.10. The zero-order valence-electron chi connectivity index (χ0n) is 8.32. The lowest BCUT2D eigenvalue weighted by atomic mass is 10.3. The average molecular weight is 219 g/mol. The Labute approximate surface area is 89.5 Å². The summed E-state index contributed by atoms with van der Waals surface area (Å²) in [7, 11) is 1.75. The number of nitrogens with zero attached hydrogens (tertiary/aromatic N) is 1. The number of hydrogen-bond acceptors (Lipinski definition) is 5. The molecule has 0 aromatic heterocycles. The van der Waals surface area contributed by atoms with Gasteiger partial charge >= 0.3 is 0 Å². The van der Waals surface area contributed by atoms with Crippen molar-refractivity contribution in [2.75, 3.05) is 39.1 Å². The number of carbonyl (C=O) groups is 1. The van der Waals surface area contributed by atoms with Gasteiger partial charge in [0.1, 0.15) is 0 Å². The van der Waals surface area contributed by atoms with Crippen LogP contribution in [0.2, 0.25) is 0 Å². The van der Waals surface area contributed by atoms with Crippen LogP contribution in [0.25, 0.3) is 0 Å². The van der Waals surface area contributed by atoms with Crippen LogP contribution in [0.15, 0.2) is 0 Å². The zero-order valence-corrected chi connectivity index (χ0v) is 9.22. The lowest BCUT2D eigenvalue weighted by Crippen LogP contribution is -2.54. The van der Waals surface area contributed by atoms with E-state index >= 15 is 0 Å². The second-order valence-corrected chi connectivity index (χ2v) is 3.46. The Bertz CT molecular complexity index is 181. The summed E-state index contributed by atoms with van der Waals surface area (Å²) in [6.45, 7) is 2.83. The normalized spacial score (nSPS) is 20.4. The molecule has 14 heavy (non-hydrogen) atoms. The van der Waals surface area contributed by atoms with Crippen molar-refractivity contribution in [2.45, 2.75) is 6.04 Å². The number of likely N-dealkylation sites (N-methyl/N-ethyl adjacent to an activating group) is 1. The molecule has 1 saturated heterocycles. The van der Waals surface area contributed by atoms with Gasteiger partial charge in [-0.2, -0.15) is 12.6 Å². The molecule has 0 aliphatic carbocycles. The van der Waals surface area contributed by atoms with Crippen LogP contribution < -0.4 is 10.7 Å². The molecule has 0 spiro atoms. The van der Waals surface area contributed by atoms with E-state index in [9.17, 15) is 4.79 Å². The zero-order chi connectivity index (χ0) is 10.4. The van der Waals surface area contributed by atoms with Crippen LogP contribution in [-0.4, -0.2) is 56.1 Å². The van der Waals surface area contributed by atoms with Gasteiger partial charge in [0.2, 0.25) is 0 Å². The third kappa shape index (κ3) is 3.45. The van der Waals surface area contributed by atoms with Crippen LogP contribution in [0.5, 0.6) is 0 Å². The van der Waals surface area contributed by atoms with E-state index in [4.69, 9.17) is 4.74 Å². The predicted octanol–water partition coefficient (Wildman–Crippen LogP) is -1.13. The van der Waals surface area contributed by atoms with Crippen LogP contribution in [0, 0.1) is 0 Å². The highest BCUT2D eigenvalue weighted by Gasteiger charge is 2.18. The maximum atomic E-state index is 11.6. The molecule has 0 saturated carbocycles. The molecule has 0 aromatic rings. The third-order valence-corrected chi connectivity index (χ3v) is 2.49. The van der Waals surface area contributed by atoms with Crippen molar-refractivity contribution >= 4 is 18.5 Å². The Balaban J connectivity index is 2.30. The fourth-order valence-electron chi connectivity index (χ4n) is 1.21. The molecule has 1 amide bonds. The molecule has 0 bridgehead atoms. The smallest absolute Gasteiger partial charge is 0.252 e. The van der Waals surface area contributed by atoms with Crippen LogP contribution >= 0.6 is 12.6 Å². The van der Waals surface area contributed by atoms with Crippen molar-refractivity contribution < 1.29 is 9.53 Å². The summed E-state index contributed by atoms with van der Waals surface area (Å²) in [5, 5.41) is 4.77. The lowest BCUT2D eigenvalue weighted by Gasteiger charge is -2.28. The highest BCUT2D eigenvalue weighted by Crippen LogP contribution is 1.94. The van der Waals surface area contributed by atoms with Gasteiger partial charge in [-0.25, -0.2) is 5.01 Å². The summed E-state index contributed by atoms with van der Waals surface area (Å²) in [4.78, 5) is 11.6. The van der Waals surface area contributed by atoms with Crippen molar-refractivity contribution in [3.63, 3.8) is 0 Å².